The van der Waals surface area contributed by atoms with Gasteiger partial charge in [-0.15, -0.1) is 0 Å². The summed E-state index contributed by atoms with van der Waals surface area (Å²) < 4.78 is 4.96. The van der Waals surface area contributed by atoms with Crippen LogP contribution in [0, 0.1) is 5.92 Å². The predicted molar refractivity (Wildman–Crippen MR) is 133 cm³/mol. The van der Waals surface area contributed by atoms with Crippen LogP contribution in [0.1, 0.15) is 45.1 Å². The lowest BCUT2D eigenvalue weighted by molar-refractivity contribution is 0.492. The first kappa shape index (κ1) is 23.3. The van der Waals surface area contributed by atoms with Crippen molar-refractivity contribution in [3.05, 3.63) is 56.7 Å². The lowest BCUT2D eigenvalue weighted by Crippen LogP contribution is -2.39. The van der Waals surface area contributed by atoms with Gasteiger partial charge in [0.1, 0.15) is 0 Å². The van der Waals surface area contributed by atoms with E-state index >= 15 is 0 Å². The van der Waals surface area contributed by atoms with Crippen molar-refractivity contribution in [1.82, 2.24) is 24.0 Å². The molecule has 0 aliphatic carbocycles. The number of imidazole rings is 1. The molecule has 33 heavy (non-hydrogen) atoms. The van der Waals surface area contributed by atoms with Gasteiger partial charge in [0.15, 0.2) is 11.2 Å². The van der Waals surface area contributed by atoms with Crippen molar-refractivity contribution >= 4 is 17.1 Å². The molecule has 1 aromatic carbocycles. The Bertz CT molecular complexity index is 1180. The van der Waals surface area contributed by atoms with Gasteiger partial charge in [-0.25, -0.2) is 4.79 Å². The molecule has 4 rings (SSSR count). The monoisotopic (exact) mass is 452 g/mol. The third-order valence-electron chi connectivity index (χ3n) is 6.43. The van der Waals surface area contributed by atoms with Crippen LogP contribution in [-0.4, -0.2) is 44.9 Å². The molecule has 0 radical (unpaired) electrons. The summed E-state index contributed by atoms with van der Waals surface area (Å²) in [6.45, 7) is 8.88. The summed E-state index contributed by atoms with van der Waals surface area (Å²) in [4.78, 5) is 33.9. The first-order chi connectivity index (χ1) is 16.0. The average molecular weight is 453 g/mol. The van der Waals surface area contributed by atoms with E-state index in [2.05, 4.69) is 36.2 Å². The molecule has 0 atom stereocenters. The summed E-state index contributed by atoms with van der Waals surface area (Å²) in [5.74, 6) is 1.38. The Hall–Kier alpha value is -2.87. The Morgan fingerprint density at radius 3 is 2.58 bits per heavy atom. The summed E-state index contributed by atoms with van der Waals surface area (Å²) in [6, 6.07) is 10.1. The van der Waals surface area contributed by atoms with Crippen LogP contribution in [0.4, 0.5) is 5.95 Å². The van der Waals surface area contributed by atoms with E-state index in [-0.39, 0.29) is 11.2 Å². The number of fused-ring (bicyclic) bond motifs is 1. The van der Waals surface area contributed by atoms with Gasteiger partial charge in [-0.1, -0.05) is 57.0 Å². The van der Waals surface area contributed by atoms with E-state index in [1.165, 1.54) is 4.57 Å². The van der Waals surface area contributed by atoms with E-state index in [4.69, 9.17) is 4.98 Å². The van der Waals surface area contributed by atoms with E-state index in [9.17, 15) is 9.59 Å². The molecule has 1 fully saturated rings. The first-order valence-corrected chi connectivity index (χ1v) is 12.2. The van der Waals surface area contributed by atoms with Crippen molar-refractivity contribution in [1.29, 1.82) is 0 Å². The van der Waals surface area contributed by atoms with Gasteiger partial charge in [0.2, 0.25) is 5.95 Å². The number of hydrogen-bond donors (Lipinski definition) is 1. The third kappa shape index (κ3) is 5.05. The average Bonchev–Trinajstić information content (AvgIpc) is 2.97. The summed E-state index contributed by atoms with van der Waals surface area (Å²) in [6.07, 6.45) is 3.92. The van der Waals surface area contributed by atoms with E-state index in [1.807, 2.05) is 22.8 Å². The van der Waals surface area contributed by atoms with Crippen LogP contribution in [0.3, 0.4) is 0 Å². The smallest absolute Gasteiger partial charge is 0.332 e. The van der Waals surface area contributed by atoms with Crippen molar-refractivity contribution in [2.45, 2.75) is 52.6 Å². The maximum atomic E-state index is 13.7. The van der Waals surface area contributed by atoms with Crippen molar-refractivity contribution in [3.63, 3.8) is 0 Å². The molecule has 3 heterocycles. The molecule has 0 bridgehead atoms. The maximum absolute atomic E-state index is 13.7. The Morgan fingerprint density at radius 1 is 1.03 bits per heavy atom. The van der Waals surface area contributed by atoms with Gasteiger partial charge in [-0.05, 0) is 30.9 Å². The predicted octanol–water partition coefficient (Wildman–Crippen LogP) is 2.57. The fraction of sp³-hybridized carbons (Fsp3) is 0.560. The van der Waals surface area contributed by atoms with Gasteiger partial charge in [-0.2, -0.15) is 4.98 Å². The third-order valence-corrected chi connectivity index (χ3v) is 6.43. The molecule has 1 aliphatic rings. The van der Waals surface area contributed by atoms with E-state index < -0.39 is 0 Å². The molecule has 8 nitrogen and oxygen atoms in total. The van der Waals surface area contributed by atoms with Crippen molar-refractivity contribution in [3.8, 4) is 0 Å². The molecule has 1 N–H and O–H groups in total. The highest BCUT2D eigenvalue weighted by molar-refractivity contribution is 5.74. The second kappa shape index (κ2) is 10.4. The summed E-state index contributed by atoms with van der Waals surface area (Å²) >= 11 is 0. The van der Waals surface area contributed by atoms with Crippen LogP contribution in [-0.2, 0) is 20.1 Å². The van der Waals surface area contributed by atoms with Crippen LogP contribution < -0.4 is 21.5 Å². The quantitative estimate of drug-likeness (QED) is 0.532. The van der Waals surface area contributed by atoms with Crippen LogP contribution in [0.25, 0.3) is 11.2 Å². The van der Waals surface area contributed by atoms with Gasteiger partial charge in [0.05, 0.1) is 6.54 Å². The molecule has 0 saturated carbocycles. The molecule has 178 valence electrons. The van der Waals surface area contributed by atoms with Gasteiger partial charge in [0.25, 0.3) is 5.56 Å². The second-order valence-corrected chi connectivity index (χ2v) is 9.43. The highest BCUT2D eigenvalue weighted by Crippen LogP contribution is 2.22. The Labute approximate surface area is 194 Å². The van der Waals surface area contributed by atoms with Gasteiger partial charge in [0, 0.05) is 33.2 Å². The molecule has 1 aliphatic heterocycles. The molecular formula is C25H36N6O2. The lowest BCUT2D eigenvalue weighted by atomic mass is 10.1. The normalized spacial score (nSPS) is 14.8. The standard InChI is InChI=1S/C25H36N6O2/c1-19(2)10-7-8-16-30-23(32)21-22(28(3)25(30)33)27-24(29-15-9-13-26-14-17-29)31(21)18-20-11-5-4-6-12-20/h4-6,11-12,19,26H,7-10,13-18H2,1-3H3. The highest BCUT2D eigenvalue weighted by atomic mass is 16.2. The Kier molecular flexibility index (Phi) is 7.33. The Morgan fingerprint density at radius 2 is 1.82 bits per heavy atom. The second-order valence-electron chi connectivity index (χ2n) is 9.43. The minimum absolute atomic E-state index is 0.236. The maximum Gasteiger partial charge on any atom is 0.332 e. The van der Waals surface area contributed by atoms with E-state index in [1.54, 1.807) is 11.6 Å². The zero-order valence-corrected chi connectivity index (χ0v) is 20.1. The molecule has 0 spiro atoms. The van der Waals surface area contributed by atoms with Crippen LogP contribution in [0.2, 0.25) is 0 Å². The van der Waals surface area contributed by atoms with Gasteiger partial charge >= 0.3 is 5.69 Å². The topological polar surface area (TPSA) is 77.1 Å². The molecule has 3 aromatic rings. The van der Waals surface area contributed by atoms with Crippen LogP contribution >= 0.6 is 0 Å². The SMILES string of the molecule is CC(C)CCCCn1c(=O)c2c(nc(N3CCCNCC3)n2Cc2ccccc2)n(C)c1=O. The van der Waals surface area contributed by atoms with Crippen LogP contribution in [0.5, 0.6) is 0 Å². The number of nitrogens with zero attached hydrogens (tertiary/aromatic N) is 5. The molecule has 8 heteroatoms. The van der Waals surface area contributed by atoms with Crippen LogP contribution in [0.15, 0.2) is 39.9 Å². The zero-order valence-electron chi connectivity index (χ0n) is 20.1. The molecule has 1 saturated heterocycles. The summed E-state index contributed by atoms with van der Waals surface area (Å²) in [5.41, 5.74) is 1.55. The summed E-state index contributed by atoms with van der Waals surface area (Å²) in [7, 11) is 1.72. The highest BCUT2D eigenvalue weighted by Gasteiger charge is 2.24. The van der Waals surface area contributed by atoms with E-state index in [0.29, 0.717) is 30.2 Å². The lowest BCUT2D eigenvalue weighted by Gasteiger charge is -2.22. The molecule has 0 amide bonds. The number of anilines is 1. The fourth-order valence-corrected chi connectivity index (χ4v) is 4.58. The number of rotatable bonds is 8. The first-order valence-electron chi connectivity index (χ1n) is 12.2. The van der Waals surface area contributed by atoms with Crippen molar-refractivity contribution < 1.29 is 0 Å². The number of hydrogen-bond acceptors (Lipinski definition) is 5. The molecular weight excluding hydrogens is 416 g/mol. The van der Waals surface area contributed by atoms with Gasteiger partial charge in [-0.3, -0.25) is 18.5 Å². The Balaban J connectivity index is 1.82. The number of benzene rings is 1. The zero-order chi connectivity index (χ0) is 23.4. The number of unbranched alkanes of at least 4 members (excludes halogenated alkanes) is 1. The van der Waals surface area contributed by atoms with E-state index in [0.717, 1.165) is 63.4 Å². The van der Waals surface area contributed by atoms with Gasteiger partial charge < -0.3 is 10.2 Å². The van der Waals surface area contributed by atoms with Crippen molar-refractivity contribution in [2.75, 3.05) is 31.1 Å². The van der Waals surface area contributed by atoms with Crippen molar-refractivity contribution in [2.24, 2.45) is 13.0 Å². The minimum atomic E-state index is -0.287. The fourth-order valence-electron chi connectivity index (χ4n) is 4.58. The largest absolute Gasteiger partial charge is 0.341 e. The summed E-state index contributed by atoms with van der Waals surface area (Å²) in [5, 5.41) is 3.43. The molecule has 0 unspecified atom stereocenters. The minimum Gasteiger partial charge on any atom is -0.341 e. The number of nitrogens with one attached hydrogen (secondary N) is 1. The number of aromatic nitrogens is 4. The molecule has 2 aromatic heterocycles. The number of aryl methyl sites for hydroxylation is 1.